The van der Waals surface area contributed by atoms with Gasteiger partial charge in [0.1, 0.15) is 5.01 Å². The van der Waals surface area contributed by atoms with E-state index in [1.54, 1.807) is 23.6 Å². The number of halogens is 5. The molecule has 3 N–H and O–H groups in total. The fourth-order valence-electron chi connectivity index (χ4n) is 2.85. The van der Waals surface area contributed by atoms with Crippen LogP contribution in [0.5, 0.6) is 0 Å². The number of nitrogens with zero attached hydrogens (tertiary/aromatic N) is 1. The summed E-state index contributed by atoms with van der Waals surface area (Å²) in [5.41, 5.74) is 1.60. The van der Waals surface area contributed by atoms with Gasteiger partial charge in [0.05, 0.1) is 24.4 Å². The number of carbonyl (C=O) groups excluding carboxylic acids is 1. The Bertz CT molecular complexity index is 917. The Labute approximate surface area is 190 Å². The van der Waals surface area contributed by atoms with Gasteiger partial charge < -0.3 is 15.2 Å². The van der Waals surface area contributed by atoms with Crippen LogP contribution in [-0.4, -0.2) is 54.5 Å². The lowest BCUT2D eigenvalue weighted by Gasteiger charge is -2.22. The first-order chi connectivity index (χ1) is 15.6. The molecule has 1 aromatic heterocycles. The van der Waals surface area contributed by atoms with Gasteiger partial charge in [-0.15, -0.1) is 11.3 Å². The number of carboxylic acids is 1. The lowest BCUT2D eigenvalue weighted by Crippen LogP contribution is -2.31. The average molecular weight is 495 g/mol. The number of hydrogen-bond acceptors (Lipinski definition) is 6. The van der Waals surface area contributed by atoms with Crippen LogP contribution >= 0.6 is 11.3 Å². The standard InChI is InChI=1S/C18H21F2N3O2S.C2HF3O2/c19-16(20)9-13-11-26-17(22-13)14-3-1-2-4-15(14)23-18(24)25-10-12-5-7-21-8-6-12;3-2(4,5)1(6)7/h1-4,11-12,16,21H,5-10H2,(H,23,24);(H,6,7). The molecule has 0 saturated carbocycles. The van der Waals surface area contributed by atoms with E-state index in [1.807, 2.05) is 6.07 Å². The third-order valence-electron chi connectivity index (χ3n) is 4.46. The molecule has 2 aromatic rings. The lowest BCUT2D eigenvalue weighted by atomic mass is 9.99. The van der Waals surface area contributed by atoms with Gasteiger partial charge in [-0.2, -0.15) is 13.2 Å². The number of para-hydroxylation sites is 1. The number of thiazole rings is 1. The molecule has 0 aliphatic carbocycles. The van der Waals surface area contributed by atoms with Gasteiger partial charge in [0.25, 0.3) is 0 Å². The van der Waals surface area contributed by atoms with Gasteiger partial charge in [-0.25, -0.2) is 23.4 Å². The van der Waals surface area contributed by atoms with Gasteiger partial charge in [-0.1, -0.05) is 12.1 Å². The van der Waals surface area contributed by atoms with Gasteiger partial charge in [0, 0.05) is 10.9 Å². The molecule has 1 aromatic carbocycles. The number of aliphatic carboxylic acids is 1. The van der Waals surface area contributed by atoms with Crippen molar-refractivity contribution in [3.8, 4) is 10.6 Å². The predicted octanol–water partition coefficient (Wildman–Crippen LogP) is 4.80. The largest absolute Gasteiger partial charge is 0.490 e. The molecule has 0 atom stereocenters. The number of rotatable bonds is 6. The molecular weight excluding hydrogens is 473 g/mol. The Morgan fingerprint density at radius 3 is 2.48 bits per heavy atom. The van der Waals surface area contributed by atoms with Crippen molar-refractivity contribution in [1.29, 1.82) is 0 Å². The normalized spacial score (nSPS) is 14.4. The maximum absolute atomic E-state index is 12.5. The van der Waals surface area contributed by atoms with Crippen molar-refractivity contribution in [1.82, 2.24) is 10.3 Å². The Hall–Kier alpha value is -2.80. The zero-order valence-corrected chi connectivity index (χ0v) is 18.0. The number of carbonyl (C=O) groups is 2. The number of ether oxygens (including phenoxy) is 1. The average Bonchev–Trinajstić information content (AvgIpc) is 3.21. The number of amides is 1. The number of carboxylic acid groups (broad SMARTS) is 1. The summed E-state index contributed by atoms with van der Waals surface area (Å²) in [4.78, 5) is 25.3. The van der Waals surface area contributed by atoms with Crippen molar-refractivity contribution in [3.63, 3.8) is 0 Å². The van der Waals surface area contributed by atoms with Gasteiger partial charge in [0.15, 0.2) is 0 Å². The molecule has 1 aliphatic heterocycles. The third-order valence-corrected chi connectivity index (χ3v) is 5.39. The highest BCUT2D eigenvalue weighted by atomic mass is 32.1. The summed E-state index contributed by atoms with van der Waals surface area (Å²) >= 11 is 1.28. The quantitative estimate of drug-likeness (QED) is 0.498. The Kier molecular flexibility index (Phi) is 9.97. The topological polar surface area (TPSA) is 101 Å². The van der Waals surface area contributed by atoms with Crippen LogP contribution in [0.4, 0.5) is 32.4 Å². The molecule has 1 amide bonds. The van der Waals surface area contributed by atoms with E-state index in [4.69, 9.17) is 14.6 Å². The van der Waals surface area contributed by atoms with Crippen LogP contribution in [0.25, 0.3) is 10.6 Å². The number of anilines is 1. The summed E-state index contributed by atoms with van der Waals surface area (Å²) in [6.45, 7) is 2.29. The second kappa shape index (κ2) is 12.4. The monoisotopic (exact) mass is 495 g/mol. The molecule has 0 bridgehead atoms. The summed E-state index contributed by atoms with van der Waals surface area (Å²) < 4.78 is 62.1. The van der Waals surface area contributed by atoms with Gasteiger partial charge in [-0.05, 0) is 44.0 Å². The number of piperidine rings is 1. The van der Waals surface area contributed by atoms with E-state index in [2.05, 4.69) is 15.6 Å². The highest BCUT2D eigenvalue weighted by molar-refractivity contribution is 7.13. The summed E-state index contributed by atoms with van der Waals surface area (Å²) in [7, 11) is 0. The minimum absolute atomic E-state index is 0.350. The molecule has 7 nitrogen and oxygen atoms in total. The molecule has 33 heavy (non-hydrogen) atoms. The van der Waals surface area contributed by atoms with Gasteiger partial charge in [-0.3, -0.25) is 5.32 Å². The van der Waals surface area contributed by atoms with E-state index >= 15 is 0 Å². The van der Waals surface area contributed by atoms with Crippen LogP contribution in [0.2, 0.25) is 0 Å². The summed E-state index contributed by atoms with van der Waals surface area (Å²) in [5, 5.41) is 15.3. The maximum Gasteiger partial charge on any atom is 0.490 e. The van der Waals surface area contributed by atoms with Crippen LogP contribution in [-0.2, 0) is 16.0 Å². The fraction of sp³-hybridized carbons (Fsp3) is 0.450. The minimum atomic E-state index is -5.08. The number of hydrogen-bond donors (Lipinski definition) is 3. The first-order valence-electron chi connectivity index (χ1n) is 9.82. The first-order valence-corrected chi connectivity index (χ1v) is 10.7. The van der Waals surface area contributed by atoms with Crippen LogP contribution in [0.1, 0.15) is 18.5 Å². The highest BCUT2D eigenvalue weighted by Crippen LogP contribution is 2.31. The van der Waals surface area contributed by atoms with Crippen molar-refractivity contribution >= 4 is 29.1 Å². The van der Waals surface area contributed by atoms with E-state index in [9.17, 15) is 26.7 Å². The van der Waals surface area contributed by atoms with E-state index in [0.29, 0.717) is 34.5 Å². The predicted molar refractivity (Wildman–Crippen MR) is 112 cm³/mol. The summed E-state index contributed by atoms with van der Waals surface area (Å²) in [6, 6.07) is 7.15. The number of alkyl halides is 5. The number of nitrogens with one attached hydrogen (secondary N) is 2. The molecule has 1 fully saturated rings. The van der Waals surface area contributed by atoms with Gasteiger partial charge in [0.2, 0.25) is 6.43 Å². The summed E-state index contributed by atoms with van der Waals surface area (Å²) in [5.74, 6) is -2.37. The van der Waals surface area contributed by atoms with E-state index in [-0.39, 0.29) is 6.42 Å². The van der Waals surface area contributed by atoms with E-state index < -0.39 is 24.7 Å². The summed E-state index contributed by atoms with van der Waals surface area (Å²) in [6.07, 6.45) is -6.40. The molecule has 0 radical (unpaired) electrons. The van der Waals surface area contributed by atoms with Crippen LogP contribution in [0, 0.1) is 5.92 Å². The Balaban J connectivity index is 0.000000479. The second-order valence-corrected chi connectivity index (χ2v) is 7.86. The van der Waals surface area contributed by atoms with E-state index in [1.165, 1.54) is 11.3 Å². The molecule has 3 rings (SSSR count). The van der Waals surface area contributed by atoms with Crippen molar-refractivity contribution in [3.05, 3.63) is 35.3 Å². The second-order valence-electron chi connectivity index (χ2n) is 7.00. The molecule has 0 unspecified atom stereocenters. The Morgan fingerprint density at radius 2 is 1.88 bits per heavy atom. The van der Waals surface area contributed by atoms with E-state index in [0.717, 1.165) is 25.9 Å². The molecule has 13 heteroatoms. The molecule has 1 saturated heterocycles. The fourth-order valence-corrected chi connectivity index (χ4v) is 3.72. The van der Waals surface area contributed by atoms with Crippen LogP contribution in [0.3, 0.4) is 0 Å². The van der Waals surface area contributed by atoms with Crippen LogP contribution in [0.15, 0.2) is 29.6 Å². The number of aromatic nitrogens is 1. The van der Waals surface area contributed by atoms with Crippen molar-refractivity contribution in [2.45, 2.75) is 31.9 Å². The minimum Gasteiger partial charge on any atom is -0.475 e. The van der Waals surface area contributed by atoms with Gasteiger partial charge >= 0.3 is 18.2 Å². The smallest absolute Gasteiger partial charge is 0.475 e. The molecule has 2 heterocycles. The van der Waals surface area contributed by atoms with Crippen LogP contribution < -0.4 is 10.6 Å². The SMILES string of the molecule is O=C(Nc1ccccc1-c1nc(CC(F)F)cs1)OCC1CCNCC1.O=C(O)C(F)(F)F. The third kappa shape index (κ3) is 9.30. The lowest BCUT2D eigenvalue weighted by molar-refractivity contribution is -0.192. The number of benzene rings is 1. The van der Waals surface area contributed by atoms with Crippen molar-refractivity contribution in [2.24, 2.45) is 5.92 Å². The Morgan fingerprint density at radius 1 is 1.24 bits per heavy atom. The zero-order chi connectivity index (χ0) is 24.4. The molecular formula is C20H22F5N3O4S. The molecule has 1 aliphatic rings. The molecule has 0 spiro atoms. The molecule has 182 valence electrons. The van der Waals surface area contributed by atoms with Crippen molar-refractivity contribution < 1.29 is 41.4 Å². The van der Waals surface area contributed by atoms with Crippen molar-refractivity contribution in [2.75, 3.05) is 25.0 Å². The highest BCUT2D eigenvalue weighted by Gasteiger charge is 2.38. The zero-order valence-electron chi connectivity index (χ0n) is 17.2. The first kappa shape index (κ1) is 26.5. The maximum atomic E-state index is 12.5.